The maximum absolute atomic E-state index is 5.56. The summed E-state index contributed by atoms with van der Waals surface area (Å²) in [5, 5.41) is 1.32. The Kier molecular flexibility index (Phi) is 2.30. The van der Waals surface area contributed by atoms with Gasteiger partial charge in [-0.3, -0.25) is 0 Å². The van der Waals surface area contributed by atoms with Gasteiger partial charge in [0.2, 0.25) is 0 Å². The number of hydrogen-bond acceptors (Lipinski definition) is 1. The van der Waals surface area contributed by atoms with Crippen LogP contribution in [0.1, 0.15) is 16.7 Å². The molecule has 1 aromatic carbocycles. The number of H-pyrrole nitrogens is 1. The predicted octanol–water partition coefficient (Wildman–Crippen LogP) is 2.29. The van der Waals surface area contributed by atoms with E-state index < -0.39 is 0 Å². The number of benzene rings is 1. The van der Waals surface area contributed by atoms with E-state index in [1.165, 1.54) is 27.6 Å². The fourth-order valence-electron chi connectivity index (χ4n) is 1.81. The van der Waals surface area contributed by atoms with E-state index >= 15 is 0 Å². The number of rotatable bonds is 2. The minimum Gasteiger partial charge on any atom is -0.361 e. The van der Waals surface area contributed by atoms with Gasteiger partial charge in [-0.1, -0.05) is 0 Å². The summed E-state index contributed by atoms with van der Waals surface area (Å²) in [6.07, 6.45) is 3.01. The van der Waals surface area contributed by atoms with Crippen LogP contribution in [0, 0.1) is 13.8 Å². The first-order valence-electron chi connectivity index (χ1n) is 4.99. The minimum absolute atomic E-state index is 0.708. The zero-order chi connectivity index (χ0) is 10.1. The molecule has 0 atom stereocenters. The van der Waals surface area contributed by atoms with Gasteiger partial charge in [0.05, 0.1) is 0 Å². The molecule has 3 N–H and O–H groups in total. The number of aromatic amines is 1. The van der Waals surface area contributed by atoms with Gasteiger partial charge < -0.3 is 10.7 Å². The molecule has 0 amide bonds. The van der Waals surface area contributed by atoms with Crippen LogP contribution in [-0.4, -0.2) is 11.5 Å². The van der Waals surface area contributed by atoms with Crippen molar-refractivity contribution in [2.24, 2.45) is 5.73 Å². The molecular weight excluding hydrogens is 172 g/mol. The molecule has 0 fully saturated rings. The Balaban J connectivity index is 2.61. The van der Waals surface area contributed by atoms with Crippen molar-refractivity contribution in [2.45, 2.75) is 20.3 Å². The summed E-state index contributed by atoms with van der Waals surface area (Å²) in [6.45, 7) is 4.99. The van der Waals surface area contributed by atoms with Crippen LogP contribution in [0.15, 0.2) is 18.3 Å². The first-order chi connectivity index (χ1) is 6.72. The lowest BCUT2D eigenvalue weighted by molar-refractivity contribution is 0.976. The summed E-state index contributed by atoms with van der Waals surface area (Å²) in [6, 6.07) is 4.44. The van der Waals surface area contributed by atoms with Crippen molar-refractivity contribution in [1.82, 2.24) is 4.98 Å². The average Bonchev–Trinajstić information content (AvgIpc) is 2.51. The lowest BCUT2D eigenvalue weighted by Gasteiger charge is -2.01. The van der Waals surface area contributed by atoms with E-state index in [2.05, 4.69) is 37.2 Å². The smallest absolute Gasteiger partial charge is 0.0459 e. The van der Waals surface area contributed by atoms with Crippen LogP contribution in [0.25, 0.3) is 10.9 Å². The van der Waals surface area contributed by atoms with E-state index in [4.69, 9.17) is 5.73 Å². The Bertz CT molecular complexity index is 455. The second kappa shape index (κ2) is 3.46. The molecule has 0 aliphatic carbocycles. The maximum atomic E-state index is 5.56. The lowest BCUT2D eigenvalue weighted by atomic mass is 10.0. The monoisotopic (exact) mass is 188 g/mol. The summed E-state index contributed by atoms with van der Waals surface area (Å²) in [5.74, 6) is 0. The largest absolute Gasteiger partial charge is 0.361 e. The number of nitrogens with one attached hydrogen (secondary N) is 1. The molecule has 0 saturated heterocycles. The molecule has 0 aliphatic rings. The summed E-state index contributed by atoms with van der Waals surface area (Å²) >= 11 is 0. The van der Waals surface area contributed by atoms with Crippen LogP contribution >= 0.6 is 0 Å². The fraction of sp³-hybridized carbons (Fsp3) is 0.333. The normalized spacial score (nSPS) is 11.1. The molecule has 0 saturated carbocycles. The van der Waals surface area contributed by atoms with Crippen molar-refractivity contribution in [3.05, 3.63) is 35.0 Å². The molecule has 2 aromatic rings. The topological polar surface area (TPSA) is 41.8 Å². The molecule has 2 nitrogen and oxygen atoms in total. The van der Waals surface area contributed by atoms with Gasteiger partial charge in [-0.15, -0.1) is 0 Å². The molecule has 0 spiro atoms. The van der Waals surface area contributed by atoms with Gasteiger partial charge in [0.15, 0.2) is 0 Å². The second-order valence-electron chi connectivity index (χ2n) is 3.83. The number of aryl methyl sites for hydroxylation is 2. The molecule has 0 unspecified atom stereocenters. The maximum Gasteiger partial charge on any atom is 0.0459 e. The fourth-order valence-corrected chi connectivity index (χ4v) is 1.81. The lowest BCUT2D eigenvalue weighted by Crippen LogP contribution is -2.01. The molecule has 14 heavy (non-hydrogen) atoms. The quantitative estimate of drug-likeness (QED) is 0.746. The zero-order valence-corrected chi connectivity index (χ0v) is 8.72. The average molecular weight is 188 g/mol. The van der Waals surface area contributed by atoms with E-state index in [1.807, 2.05) is 0 Å². The number of nitrogens with two attached hydrogens (primary N) is 1. The third-order valence-corrected chi connectivity index (χ3v) is 2.80. The highest BCUT2D eigenvalue weighted by atomic mass is 14.7. The van der Waals surface area contributed by atoms with Gasteiger partial charge in [-0.25, -0.2) is 0 Å². The van der Waals surface area contributed by atoms with Gasteiger partial charge in [-0.05, 0) is 55.6 Å². The summed E-state index contributed by atoms with van der Waals surface area (Å²) in [5.41, 5.74) is 10.8. The molecule has 0 bridgehead atoms. The van der Waals surface area contributed by atoms with Crippen LogP contribution < -0.4 is 5.73 Å². The Morgan fingerprint density at radius 3 is 2.64 bits per heavy atom. The van der Waals surface area contributed by atoms with E-state index in [9.17, 15) is 0 Å². The predicted molar refractivity (Wildman–Crippen MR) is 60.5 cm³/mol. The summed E-state index contributed by atoms with van der Waals surface area (Å²) in [4.78, 5) is 3.29. The highest BCUT2D eigenvalue weighted by Gasteiger charge is 2.04. The van der Waals surface area contributed by atoms with Crippen molar-refractivity contribution in [1.29, 1.82) is 0 Å². The summed E-state index contributed by atoms with van der Waals surface area (Å²) < 4.78 is 0. The van der Waals surface area contributed by atoms with Crippen LogP contribution in [0.4, 0.5) is 0 Å². The van der Waals surface area contributed by atoms with Gasteiger partial charge in [-0.2, -0.15) is 0 Å². The summed E-state index contributed by atoms with van der Waals surface area (Å²) in [7, 11) is 0. The molecule has 74 valence electrons. The van der Waals surface area contributed by atoms with Gasteiger partial charge in [0, 0.05) is 17.1 Å². The number of hydrogen-bond donors (Lipinski definition) is 2. The van der Waals surface area contributed by atoms with Crippen LogP contribution in [0.3, 0.4) is 0 Å². The van der Waals surface area contributed by atoms with Gasteiger partial charge in [0.25, 0.3) is 0 Å². The van der Waals surface area contributed by atoms with Crippen molar-refractivity contribution >= 4 is 10.9 Å². The number of fused-ring (bicyclic) bond motifs is 1. The van der Waals surface area contributed by atoms with Crippen molar-refractivity contribution in [3.63, 3.8) is 0 Å². The molecule has 1 aromatic heterocycles. The Labute approximate surface area is 84.1 Å². The molecule has 2 heteroatoms. The van der Waals surface area contributed by atoms with E-state index in [0.717, 1.165) is 6.42 Å². The third-order valence-electron chi connectivity index (χ3n) is 2.80. The zero-order valence-electron chi connectivity index (χ0n) is 8.72. The van der Waals surface area contributed by atoms with Crippen LogP contribution in [-0.2, 0) is 6.42 Å². The first-order valence-corrected chi connectivity index (χ1v) is 4.99. The van der Waals surface area contributed by atoms with E-state index in [1.54, 1.807) is 0 Å². The Morgan fingerprint density at radius 1 is 1.21 bits per heavy atom. The SMILES string of the molecule is Cc1cc2[nH]cc(CCN)c2cc1C. The van der Waals surface area contributed by atoms with Crippen LogP contribution in [0.2, 0.25) is 0 Å². The minimum atomic E-state index is 0.708. The van der Waals surface area contributed by atoms with Gasteiger partial charge >= 0.3 is 0 Å². The van der Waals surface area contributed by atoms with Crippen molar-refractivity contribution < 1.29 is 0 Å². The van der Waals surface area contributed by atoms with E-state index in [0.29, 0.717) is 6.54 Å². The highest BCUT2D eigenvalue weighted by Crippen LogP contribution is 2.22. The molecule has 1 heterocycles. The molecular formula is C12H16N2. The molecule has 2 rings (SSSR count). The molecule has 0 aliphatic heterocycles. The van der Waals surface area contributed by atoms with Gasteiger partial charge in [0.1, 0.15) is 0 Å². The standard InChI is InChI=1S/C12H16N2/c1-8-5-11-10(3-4-13)7-14-12(11)6-9(8)2/h5-7,14H,3-4,13H2,1-2H3. The second-order valence-corrected chi connectivity index (χ2v) is 3.83. The van der Waals surface area contributed by atoms with Crippen LogP contribution in [0.5, 0.6) is 0 Å². The molecule has 0 radical (unpaired) electrons. The van der Waals surface area contributed by atoms with Crippen molar-refractivity contribution in [2.75, 3.05) is 6.54 Å². The third kappa shape index (κ3) is 1.42. The Hall–Kier alpha value is -1.28. The van der Waals surface area contributed by atoms with E-state index in [-0.39, 0.29) is 0 Å². The number of aromatic nitrogens is 1. The Morgan fingerprint density at radius 2 is 1.93 bits per heavy atom. The van der Waals surface area contributed by atoms with Crippen molar-refractivity contribution in [3.8, 4) is 0 Å². The highest BCUT2D eigenvalue weighted by molar-refractivity contribution is 5.84. The first kappa shape index (κ1) is 9.28.